The second-order valence-electron chi connectivity index (χ2n) is 12.5. The van der Waals surface area contributed by atoms with Gasteiger partial charge in [-0.15, -0.1) is 0 Å². The number of nitrogens with zero attached hydrogens (tertiary/aromatic N) is 1. The van der Waals surface area contributed by atoms with Crippen LogP contribution < -0.4 is 9.46 Å². The molecule has 42 heavy (non-hydrogen) atoms. The van der Waals surface area contributed by atoms with E-state index in [0.717, 1.165) is 35.3 Å². The lowest BCUT2D eigenvalue weighted by atomic mass is 9.72. The molecule has 3 aliphatic rings. The van der Waals surface area contributed by atoms with Crippen molar-refractivity contribution in [1.29, 1.82) is 0 Å². The van der Waals surface area contributed by atoms with E-state index < -0.39 is 40.0 Å². The number of carbonyl (C=O) groups is 1. The third-order valence-corrected chi connectivity index (χ3v) is 10.3. The molecule has 0 radical (unpaired) electrons. The molecule has 0 unspecified atom stereocenters. The number of halogens is 3. The fraction of sp³-hybridized carbons (Fsp3) is 0.516. The maximum atomic E-state index is 13.5. The number of anilines is 1. The standard InChI is InChI=1S/C31H37F3N2O5S/c1-18-12-20(14-22(13-18)31(32,33)34)28-19(2)36(29(37)41-28)17-21-16-30(3,4)11-10-25(21)26-15-23(6-9-27(26)40-5)35-42(38,39)24-7-8-24/h6,9,12-15,19,24,28,35H,7-8,10-11,16-17H2,1-5H3/t19-,28-/m0/s1. The van der Waals surface area contributed by atoms with E-state index in [0.29, 0.717) is 48.2 Å². The molecule has 2 aliphatic carbocycles. The maximum Gasteiger partial charge on any atom is 0.416 e. The minimum Gasteiger partial charge on any atom is -0.496 e. The van der Waals surface area contributed by atoms with Gasteiger partial charge in [0.15, 0.2) is 0 Å². The van der Waals surface area contributed by atoms with Gasteiger partial charge >= 0.3 is 12.3 Å². The van der Waals surface area contributed by atoms with Crippen molar-refractivity contribution < 1.29 is 35.9 Å². The van der Waals surface area contributed by atoms with Gasteiger partial charge in [-0.3, -0.25) is 9.62 Å². The summed E-state index contributed by atoms with van der Waals surface area (Å²) in [6.07, 6.45) is -2.43. The summed E-state index contributed by atoms with van der Waals surface area (Å²) in [5.41, 5.74) is 3.07. The van der Waals surface area contributed by atoms with E-state index in [1.165, 1.54) is 0 Å². The number of nitrogens with one attached hydrogen (secondary N) is 1. The predicted molar refractivity (Wildman–Crippen MR) is 155 cm³/mol. The van der Waals surface area contributed by atoms with Crippen molar-refractivity contribution in [2.45, 2.75) is 83.4 Å². The molecule has 0 aromatic heterocycles. The smallest absolute Gasteiger partial charge is 0.416 e. The average molecular weight is 607 g/mol. The van der Waals surface area contributed by atoms with Crippen LogP contribution in [-0.4, -0.2) is 44.4 Å². The Bertz CT molecular complexity index is 1530. The fourth-order valence-electron chi connectivity index (χ4n) is 6.03. The lowest BCUT2D eigenvalue weighted by Crippen LogP contribution is -2.35. The Balaban J connectivity index is 1.49. The molecular formula is C31H37F3N2O5S. The van der Waals surface area contributed by atoms with E-state index in [-0.39, 0.29) is 17.2 Å². The summed E-state index contributed by atoms with van der Waals surface area (Å²) in [6.45, 7) is 7.91. The number of ether oxygens (including phenoxy) is 2. The molecule has 1 N–H and O–H groups in total. The molecule has 5 rings (SSSR count). The number of aryl methyl sites for hydroxylation is 1. The summed E-state index contributed by atoms with van der Waals surface area (Å²) in [5, 5.41) is -0.371. The molecule has 1 heterocycles. The molecule has 0 bridgehead atoms. The SMILES string of the molecule is COc1ccc(NS(=O)(=O)C2CC2)cc1C1=C(CN2C(=O)O[C@H](c3cc(C)cc(C(F)(F)F)c3)[C@@H]2C)CC(C)(C)CC1. The van der Waals surface area contributed by atoms with E-state index in [2.05, 4.69) is 18.6 Å². The first-order chi connectivity index (χ1) is 19.6. The number of amides is 1. The number of sulfonamides is 1. The van der Waals surface area contributed by atoms with Gasteiger partial charge in [-0.05, 0) is 98.4 Å². The monoisotopic (exact) mass is 606 g/mol. The number of alkyl halides is 3. The molecule has 2 fully saturated rings. The number of benzene rings is 2. The van der Waals surface area contributed by atoms with Crippen LogP contribution in [0.25, 0.3) is 5.57 Å². The minimum atomic E-state index is -4.51. The molecule has 1 amide bonds. The van der Waals surface area contributed by atoms with Gasteiger partial charge in [0.05, 0.1) is 24.0 Å². The van der Waals surface area contributed by atoms with Crippen molar-refractivity contribution in [1.82, 2.24) is 4.90 Å². The molecule has 7 nitrogen and oxygen atoms in total. The Morgan fingerprint density at radius 3 is 2.50 bits per heavy atom. The average Bonchev–Trinajstić information content (AvgIpc) is 3.71. The second kappa shape index (κ2) is 10.8. The van der Waals surface area contributed by atoms with Gasteiger partial charge in [-0.1, -0.05) is 25.5 Å². The topological polar surface area (TPSA) is 84.9 Å². The zero-order chi connectivity index (χ0) is 30.6. The third-order valence-electron chi connectivity index (χ3n) is 8.43. The lowest BCUT2D eigenvalue weighted by molar-refractivity contribution is -0.137. The molecule has 1 aliphatic heterocycles. The van der Waals surface area contributed by atoms with Crippen LogP contribution in [0.4, 0.5) is 23.7 Å². The van der Waals surface area contributed by atoms with Crippen molar-refractivity contribution in [3.05, 3.63) is 64.2 Å². The number of methoxy groups -OCH3 is 1. The number of hydrogen-bond acceptors (Lipinski definition) is 5. The summed E-state index contributed by atoms with van der Waals surface area (Å²) < 4.78 is 79.9. The second-order valence-corrected chi connectivity index (χ2v) is 14.4. The minimum absolute atomic E-state index is 0.0539. The van der Waals surface area contributed by atoms with Crippen LogP contribution in [0.5, 0.6) is 5.75 Å². The first-order valence-electron chi connectivity index (χ1n) is 14.1. The van der Waals surface area contributed by atoms with E-state index in [1.807, 2.05) is 0 Å². The van der Waals surface area contributed by atoms with Crippen molar-refractivity contribution in [2.75, 3.05) is 18.4 Å². The molecule has 228 valence electrons. The summed E-state index contributed by atoms with van der Waals surface area (Å²) >= 11 is 0. The van der Waals surface area contributed by atoms with Crippen molar-refractivity contribution in [3.8, 4) is 5.75 Å². The Morgan fingerprint density at radius 2 is 1.86 bits per heavy atom. The summed E-state index contributed by atoms with van der Waals surface area (Å²) in [5.74, 6) is 0.589. The van der Waals surface area contributed by atoms with Gasteiger partial charge in [0, 0.05) is 17.8 Å². The first kappa shape index (κ1) is 30.3. The molecule has 1 saturated heterocycles. The predicted octanol–water partition coefficient (Wildman–Crippen LogP) is 7.47. The highest BCUT2D eigenvalue weighted by molar-refractivity contribution is 7.93. The van der Waals surface area contributed by atoms with Gasteiger partial charge in [0.25, 0.3) is 0 Å². The Kier molecular flexibility index (Phi) is 7.79. The molecule has 2 atom stereocenters. The van der Waals surface area contributed by atoms with E-state index >= 15 is 0 Å². The Labute approximate surface area is 245 Å². The largest absolute Gasteiger partial charge is 0.496 e. The van der Waals surface area contributed by atoms with Crippen LogP contribution in [0, 0.1) is 12.3 Å². The number of rotatable bonds is 8. The highest BCUT2D eigenvalue weighted by atomic mass is 32.2. The third kappa shape index (κ3) is 6.26. The molecule has 2 aromatic carbocycles. The van der Waals surface area contributed by atoms with E-state index in [1.54, 1.807) is 50.1 Å². The Hall–Kier alpha value is -3.21. The van der Waals surface area contributed by atoms with E-state index in [4.69, 9.17) is 9.47 Å². The number of cyclic esters (lactones) is 1. The van der Waals surface area contributed by atoms with Crippen LogP contribution in [-0.2, 0) is 20.9 Å². The molecular weight excluding hydrogens is 569 g/mol. The van der Waals surface area contributed by atoms with Gasteiger partial charge in [-0.25, -0.2) is 13.2 Å². The van der Waals surface area contributed by atoms with Crippen LogP contribution in [0.1, 0.15) is 81.2 Å². The molecule has 0 spiro atoms. The van der Waals surface area contributed by atoms with Gasteiger partial charge in [0.1, 0.15) is 11.9 Å². The summed E-state index contributed by atoms with van der Waals surface area (Å²) in [7, 11) is -1.91. The molecule has 11 heteroatoms. The van der Waals surface area contributed by atoms with Crippen LogP contribution >= 0.6 is 0 Å². The van der Waals surface area contributed by atoms with Crippen molar-refractivity contribution in [3.63, 3.8) is 0 Å². The van der Waals surface area contributed by atoms with Crippen molar-refractivity contribution in [2.24, 2.45) is 5.41 Å². The normalized spacial score (nSPS) is 22.8. The lowest BCUT2D eigenvalue weighted by Gasteiger charge is -2.36. The van der Waals surface area contributed by atoms with Gasteiger partial charge in [-0.2, -0.15) is 13.2 Å². The number of carbonyl (C=O) groups excluding carboxylic acids is 1. The zero-order valence-corrected chi connectivity index (χ0v) is 25.3. The fourth-order valence-corrected chi connectivity index (χ4v) is 7.41. The molecule has 1 saturated carbocycles. The van der Waals surface area contributed by atoms with Gasteiger partial charge in [0.2, 0.25) is 10.0 Å². The maximum absolute atomic E-state index is 13.5. The van der Waals surface area contributed by atoms with Gasteiger partial charge < -0.3 is 9.47 Å². The van der Waals surface area contributed by atoms with Crippen LogP contribution in [0.3, 0.4) is 0 Å². The highest BCUT2D eigenvalue weighted by Gasteiger charge is 2.43. The van der Waals surface area contributed by atoms with Crippen LogP contribution in [0.2, 0.25) is 0 Å². The highest BCUT2D eigenvalue weighted by Crippen LogP contribution is 2.46. The first-order valence-corrected chi connectivity index (χ1v) is 15.7. The summed E-state index contributed by atoms with van der Waals surface area (Å²) in [4.78, 5) is 14.7. The molecule has 2 aromatic rings. The van der Waals surface area contributed by atoms with E-state index in [9.17, 15) is 26.4 Å². The van der Waals surface area contributed by atoms with Crippen LogP contribution in [0.15, 0.2) is 42.0 Å². The quantitative estimate of drug-likeness (QED) is 0.337. The summed E-state index contributed by atoms with van der Waals surface area (Å²) in [6, 6.07) is 8.44. The number of hydrogen-bond donors (Lipinski definition) is 1. The number of allylic oxidation sites excluding steroid dienone is 1. The van der Waals surface area contributed by atoms with Crippen molar-refractivity contribution >= 4 is 27.4 Å². The Morgan fingerprint density at radius 1 is 1.14 bits per heavy atom. The zero-order valence-electron chi connectivity index (χ0n) is 24.5.